The average Bonchev–Trinajstić information content (AvgIpc) is 2.43. The SMILES string of the molecule is CC(=O)OC[C@H](CO)O[C@@H]1O[C@@H](CO)[C@@H](O)[C@@H](O)[C@@H]1O. The van der Waals surface area contributed by atoms with E-state index in [1.54, 1.807) is 0 Å². The molecule has 0 saturated carbocycles. The summed E-state index contributed by atoms with van der Waals surface area (Å²) in [4.78, 5) is 10.7. The predicted octanol–water partition coefficient (Wildman–Crippen LogP) is -3.27. The zero-order chi connectivity index (χ0) is 15.3. The van der Waals surface area contributed by atoms with Crippen LogP contribution in [-0.4, -0.2) is 88.1 Å². The highest BCUT2D eigenvalue weighted by atomic mass is 16.7. The van der Waals surface area contributed by atoms with E-state index in [9.17, 15) is 20.1 Å². The zero-order valence-electron chi connectivity index (χ0n) is 11.0. The molecule has 0 aromatic heterocycles. The van der Waals surface area contributed by atoms with Crippen LogP contribution in [0.1, 0.15) is 6.92 Å². The van der Waals surface area contributed by atoms with Crippen molar-refractivity contribution in [3.8, 4) is 0 Å². The second-order valence-electron chi connectivity index (χ2n) is 4.44. The van der Waals surface area contributed by atoms with Crippen molar-refractivity contribution in [3.63, 3.8) is 0 Å². The van der Waals surface area contributed by atoms with Gasteiger partial charge in [0.1, 0.15) is 37.1 Å². The lowest BCUT2D eigenvalue weighted by Gasteiger charge is -2.40. The lowest BCUT2D eigenvalue weighted by atomic mass is 9.99. The summed E-state index contributed by atoms with van der Waals surface area (Å²) >= 11 is 0. The first kappa shape index (κ1) is 17.2. The third-order valence-electron chi connectivity index (χ3n) is 2.85. The van der Waals surface area contributed by atoms with Gasteiger partial charge in [-0.3, -0.25) is 4.79 Å². The van der Waals surface area contributed by atoms with Crippen molar-refractivity contribution in [2.24, 2.45) is 0 Å². The molecule has 1 aliphatic rings. The summed E-state index contributed by atoms with van der Waals surface area (Å²) in [5.74, 6) is -0.569. The van der Waals surface area contributed by atoms with Gasteiger partial charge in [0.05, 0.1) is 13.2 Å². The second-order valence-corrected chi connectivity index (χ2v) is 4.44. The lowest BCUT2D eigenvalue weighted by Crippen LogP contribution is -2.60. The lowest BCUT2D eigenvalue weighted by molar-refractivity contribution is -0.315. The van der Waals surface area contributed by atoms with Crippen molar-refractivity contribution >= 4 is 5.97 Å². The van der Waals surface area contributed by atoms with E-state index in [0.29, 0.717) is 0 Å². The Kier molecular flexibility index (Phi) is 6.76. The van der Waals surface area contributed by atoms with E-state index in [1.807, 2.05) is 0 Å². The van der Waals surface area contributed by atoms with Gasteiger partial charge in [0.25, 0.3) is 0 Å². The Labute approximate surface area is 115 Å². The van der Waals surface area contributed by atoms with Crippen LogP contribution in [0.4, 0.5) is 0 Å². The van der Waals surface area contributed by atoms with E-state index in [0.717, 1.165) is 0 Å². The van der Waals surface area contributed by atoms with Crippen LogP contribution < -0.4 is 0 Å². The molecule has 0 spiro atoms. The summed E-state index contributed by atoms with van der Waals surface area (Å²) in [6, 6.07) is 0. The third-order valence-corrected chi connectivity index (χ3v) is 2.85. The number of carbonyl (C=O) groups is 1. The quantitative estimate of drug-likeness (QED) is 0.318. The molecule has 0 aromatic rings. The maximum atomic E-state index is 10.7. The molecule has 0 aliphatic carbocycles. The Hall–Kier alpha value is -0.810. The number of ether oxygens (including phenoxy) is 3. The highest BCUT2D eigenvalue weighted by Crippen LogP contribution is 2.22. The highest BCUT2D eigenvalue weighted by molar-refractivity contribution is 5.65. The summed E-state index contributed by atoms with van der Waals surface area (Å²) in [5, 5.41) is 46.9. The van der Waals surface area contributed by atoms with Gasteiger partial charge >= 0.3 is 5.97 Å². The maximum Gasteiger partial charge on any atom is 0.302 e. The number of hydrogen-bond donors (Lipinski definition) is 5. The second kappa shape index (κ2) is 7.84. The minimum atomic E-state index is -1.57. The molecule has 0 unspecified atom stereocenters. The summed E-state index contributed by atoms with van der Waals surface area (Å²) in [5.41, 5.74) is 0. The molecule has 0 aromatic carbocycles. The van der Waals surface area contributed by atoms with Crippen LogP contribution in [0.25, 0.3) is 0 Å². The van der Waals surface area contributed by atoms with Gasteiger partial charge in [0.2, 0.25) is 0 Å². The van der Waals surface area contributed by atoms with E-state index >= 15 is 0 Å². The summed E-state index contributed by atoms with van der Waals surface area (Å²) < 4.78 is 14.9. The molecule has 0 amide bonds. The molecule has 0 bridgehead atoms. The van der Waals surface area contributed by atoms with E-state index in [4.69, 9.17) is 19.7 Å². The molecule has 1 rings (SSSR count). The van der Waals surface area contributed by atoms with E-state index in [1.165, 1.54) is 6.92 Å². The summed E-state index contributed by atoms with van der Waals surface area (Å²) in [6.07, 6.45) is -8.08. The van der Waals surface area contributed by atoms with Crippen LogP contribution in [0.15, 0.2) is 0 Å². The van der Waals surface area contributed by atoms with Crippen LogP contribution in [0.5, 0.6) is 0 Å². The normalized spacial score (nSPS) is 35.6. The van der Waals surface area contributed by atoms with Gasteiger partial charge in [-0.05, 0) is 0 Å². The van der Waals surface area contributed by atoms with E-state index in [2.05, 4.69) is 4.74 Å². The standard InChI is InChI=1S/C11H20O9/c1-5(14)18-4-6(2-12)19-11-10(17)9(16)8(15)7(3-13)20-11/h6-13,15-17H,2-4H2,1H3/t6-,7-,8+,9+,10-,11+/m0/s1. The number of carbonyl (C=O) groups excluding carboxylic acids is 1. The Bertz CT molecular complexity index is 308. The van der Waals surface area contributed by atoms with Gasteiger partial charge in [-0.15, -0.1) is 0 Å². The Morgan fingerprint density at radius 1 is 1.20 bits per heavy atom. The molecular formula is C11H20O9. The first-order valence-electron chi connectivity index (χ1n) is 6.10. The predicted molar refractivity (Wildman–Crippen MR) is 62.4 cm³/mol. The molecule has 9 heteroatoms. The van der Waals surface area contributed by atoms with Crippen molar-refractivity contribution in [1.82, 2.24) is 0 Å². The number of aliphatic hydroxyl groups is 5. The fourth-order valence-corrected chi connectivity index (χ4v) is 1.71. The minimum Gasteiger partial charge on any atom is -0.463 e. The number of rotatable bonds is 6. The smallest absolute Gasteiger partial charge is 0.302 e. The van der Waals surface area contributed by atoms with Crippen molar-refractivity contribution in [3.05, 3.63) is 0 Å². The van der Waals surface area contributed by atoms with Crippen molar-refractivity contribution in [1.29, 1.82) is 0 Å². The fraction of sp³-hybridized carbons (Fsp3) is 0.909. The van der Waals surface area contributed by atoms with Gasteiger partial charge in [-0.1, -0.05) is 0 Å². The first-order chi connectivity index (χ1) is 9.40. The number of esters is 1. The van der Waals surface area contributed by atoms with Crippen LogP contribution in [0.2, 0.25) is 0 Å². The van der Waals surface area contributed by atoms with Gasteiger partial charge < -0.3 is 39.7 Å². The maximum absolute atomic E-state index is 10.7. The molecule has 1 saturated heterocycles. The summed E-state index contributed by atoms with van der Waals surface area (Å²) in [6.45, 7) is -0.177. The third kappa shape index (κ3) is 4.35. The summed E-state index contributed by atoms with van der Waals surface area (Å²) in [7, 11) is 0. The van der Waals surface area contributed by atoms with Crippen molar-refractivity contribution in [2.75, 3.05) is 19.8 Å². The van der Waals surface area contributed by atoms with Crippen LogP contribution in [0, 0.1) is 0 Å². The molecule has 5 N–H and O–H groups in total. The Morgan fingerprint density at radius 3 is 2.35 bits per heavy atom. The fourth-order valence-electron chi connectivity index (χ4n) is 1.71. The largest absolute Gasteiger partial charge is 0.463 e. The molecule has 1 heterocycles. The molecule has 9 nitrogen and oxygen atoms in total. The van der Waals surface area contributed by atoms with Crippen LogP contribution >= 0.6 is 0 Å². The topological polar surface area (TPSA) is 146 Å². The van der Waals surface area contributed by atoms with Crippen LogP contribution in [-0.2, 0) is 19.0 Å². The average molecular weight is 296 g/mol. The van der Waals surface area contributed by atoms with Gasteiger partial charge in [0, 0.05) is 6.92 Å². The molecule has 20 heavy (non-hydrogen) atoms. The molecule has 1 aliphatic heterocycles. The number of aliphatic hydroxyl groups excluding tert-OH is 5. The number of hydrogen-bond acceptors (Lipinski definition) is 9. The first-order valence-corrected chi connectivity index (χ1v) is 6.10. The van der Waals surface area contributed by atoms with Crippen molar-refractivity contribution < 1.29 is 44.5 Å². The molecular weight excluding hydrogens is 276 g/mol. The van der Waals surface area contributed by atoms with E-state index in [-0.39, 0.29) is 6.61 Å². The van der Waals surface area contributed by atoms with Gasteiger partial charge in [-0.2, -0.15) is 0 Å². The monoisotopic (exact) mass is 296 g/mol. The molecule has 0 radical (unpaired) electrons. The minimum absolute atomic E-state index is 0.263. The Balaban J connectivity index is 2.61. The zero-order valence-corrected chi connectivity index (χ0v) is 11.0. The molecule has 6 atom stereocenters. The van der Waals surface area contributed by atoms with E-state index < -0.39 is 56.0 Å². The highest BCUT2D eigenvalue weighted by Gasteiger charge is 2.44. The Morgan fingerprint density at radius 2 is 1.85 bits per heavy atom. The van der Waals surface area contributed by atoms with Gasteiger partial charge in [0.15, 0.2) is 6.29 Å². The van der Waals surface area contributed by atoms with Gasteiger partial charge in [-0.25, -0.2) is 0 Å². The molecule has 1 fully saturated rings. The molecule has 118 valence electrons. The van der Waals surface area contributed by atoms with Crippen molar-refractivity contribution in [2.45, 2.75) is 43.7 Å². The van der Waals surface area contributed by atoms with Crippen LogP contribution in [0.3, 0.4) is 0 Å².